The maximum Gasteiger partial charge on any atom is 0.416 e. The fourth-order valence-electron chi connectivity index (χ4n) is 4.34. The first-order chi connectivity index (χ1) is 14.7. The van der Waals surface area contributed by atoms with E-state index in [9.17, 15) is 13.2 Å². The first-order valence-electron chi connectivity index (χ1n) is 10.3. The first-order valence-corrected chi connectivity index (χ1v) is 10.3. The van der Waals surface area contributed by atoms with Crippen LogP contribution in [0.2, 0.25) is 0 Å². The highest BCUT2D eigenvalue weighted by Gasteiger charge is 2.33. The molecule has 1 fully saturated rings. The number of alkyl halides is 3. The Balaban J connectivity index is 1.76. The van der Waals surface area contributed by atoms with Crippen LogP contribution in [0.1, 0.15) is 35.2 Å². The fourth-order valence-corrected chi connectivity index (χ4v) is 4.34. The van der Waals surface area contributed by atoms with Crippen LogP contribution >= 0.6 is 0 Å². The van der Waals surface area contributed by atoms with Gasteiger partial charge in [-0.05, 0) is 43.3 Å². The number of nitrogen functional groups attached to an aromatic ring is 1. The molecule has 0 amide bonds. The molecule has 1 aliphatic rings. The summed E-state index contributed by atoms with van der Waals surface area (Å²) in [6, 6.07) is 10.3. The van der Waals surface area contributed by atoms with Gasteiger partial charge in [0.1, 0.15) is 0 Å². The summed E-state index contributed by atoms with van der Waals surface area (Å²) in [5.74, 6) is -0.0462. The molecule has 1 aromatic heterocycles. The molecule has 3 aromatic rings. The van der Waals surface area contributed by atoms with E-state index in [1.54, 1.807) is 6.07 Å². The van der Waals surface area contributed by atoms with Crippen molar-refractivity contribution >= 4 is 22.3 Å². The number of fused-ring (bicyclic) bond motifs is 1. The standard InChI is InChI=1S/C23H26F3N5/c1-14-17(5-4-6-20(14)23(24,25)26)15(2)21-18-8-7-16(13-19(18)22(27)29-28-21)31-11-9-30(3)10-12-31/h4-8,13,15H,9-12H2,1-3H3,(H2,27,29). The number of anilines is 2. The van der Waals surface area contributed by atoms with E-state index in [2.05, 4.69) is 27.0 Å². The Bertz CT molecular complexity index is 1100. The molecule has 8 heteroatoms. The third-order valence-electron chi connectivity index (χ3n) is 6.25. The number of nitrogens with zero attached hydrogens (tertiary/aromatic N) is 4. The molecule has 0 spiro atoms. The number of aromatic nitrogens is 2. The van der Waals surface area contributed by atoms with Crippen molar-refractivity contribution in [2.75, 3.05) is 43.9 Å². The Morgan fingerprint density at radius 3 is 2.39 bits per heavy atom. The zero-order valence-electron chi connectivity index (χ0n) is 17.9. The van der Waals surface area contributed by atoms with Gasteiger partial charge in [0.05, 0.1) is 11.3 Å². The minimum Gasteiger partial charge on any atom is -0.382 e. The van der Waals surface area contributed by atoms with E-state index in [1.807, 2.05) is 25.1 Å². The van der Waals surface area contributed by atoms with Gasteiger partial charge in [-0.25, -0.2) is 0 Å². The van der Waals surface area contributed by atoms with E-state index in [-0.39, 0.29) is 11.5 Å². The molecule has 0 saturated carbocycles. The average Bonchev–Trinajstić information content (AvgIpc) is 2.73. The van der Waals surface area contributed by atoms with E-state index in [4.69, 9.17) is 5.73 Å². The minimum atomic E-state index is -4.40. The van der Waals surface area contributed by atoms with Crippen molar-refractivity contribution in [3.63, 3.8) is 0 Å². The summed E-state index contributed by atoms with van der Waals surface area (Å²) in [7, 11) is 2.11. The van der Waals surface area contributed by atoms with Crippen LogP contribution in [0.4, 0.5) is 24.7 Å². The van der Waals surface area contributed by atoms with E-state index < -0.39 is 11.7 Å². The molecule has 5 nitrogen and oxygen atoms in total. The number of hydrogen-bond acceptors (Lipinski definition) is 5. The van der Waals surface area contributed by atoms with Crippen LogP contribution in [0, 0.1) is 6.92 Å². The lowest BCUT2D eigenvalue weighted by molar-refractivity contribution is -0.138. The van der Waals surface area contributed by atoms with Crippen LogP contribution in [-0.4, -0.2) is 48.3 Å². The van der Waals surface area contributed by atoms with E-state index in [0.717, 1.165) is 48.7 Å². The predicted molar refractivity (Wildman–Crippen MR) is 117 cm³/mol. The molecule has 0 bridgehead atoms. The normalized spacial score (nSPS) is 16.6. The SMILES string of the molecule is Cc1c(C(C)c2nnc(N)c3cc(N4CCN(C)CC4)ccc23)cccc1C(F)(F)F. The second-order valence-electron chi connectivity index (χ2n) is 8.23. The molecule has 1 atom stereocenters. The van der Waals surface area contributed by atoms with Gasteiger partial charge in [0, 0.05) is 48.6 Å². The van der Waals surface area contributed by atoms with E-state index in [0.29, 0.717) is 17.1 Å². The van der Waals surface area contributed by atoms with E-state index in [1.165, 1.54) is 13.0 Å². The van der Waals surface area contributed by atoms with Crippen LogP contribution in [-0.2, 0) is 6.18 Å². The van der Waals surface area contributed by atoms with Gasteiger partial charge in [0.25, 0.3) is 0 Å². The summed E-state index contributed by atoms with van der Waals surface area (Å²) in [4.78, 5) is 4.59. The summed E-state index contributed by atoms with van der Waals surface area (Å²) in [6.07, 6.45) is -4.40. The van der Waals surface area contributed by atoms with Crippen molar-refractivity contribution in [3.05, 3.63) is 58.8 Å². The summed E-state index contributed by atoms with van der Waals surface area (Å²) < 4.78 is 40.2. The summed E-state index contributed by atoms with van der Waals surface area (Å²) in [5.41, 5.74) is 8.00. The zero-order valence-corrected chi connectivity index (χ0v) is 17.9. The number of benzene rings is 2. The number of hydrogen-bond donors (Lipinski definition) is 1. The molecular weight excluding hydrogens is 403 g/mol. The lowest BCUT2D eigenvalue weighted by Crippen LogP contribution is -2.44. The number of piperazine rings is 1. The Morgan fingerprint density at radius 2 is 1.71 bits per heavy atom. The van der Waals surface area contributed by atoms with Crippen molar-refractivity contribution in [1.29, 1.82) is 0 Å². The molecule has 1 aliphatic heterocycles. The predicted octanol–water partition coefficient (Wildman–Crippen LogP) is 4.44. The van der Waals surface area contributed by atoms with Crippen molar-refractivity contribution < 1.29 is 13.2 Å². The van der Waals surface area contributed by atoms with E-state index >= 15 is 0 Å². The van der Waals surface area contributed by atoms with Gasteiger partial charge < -0.3 is 15.5 Å². The van der Waals surface area contributed by atoms with Gasteiger partial charge in [-0.3, -0.25) is 0 Å². The Morgan fingerprint density at radius 1 is 1.00 bits per heavy atom. The molecular formula is C23H26F3N5. The molecule has 2 aromatic carbocycles. The molecule has 2 heterocycles. The Kier molecular flexibility index (Phi) is 5.51. The zero-order chi connectivity index (χ0) is 22.3. The minimum absolute atomic E-state index is 0.211. The average molecular weight is 429 g/mol. The molecule has 0 radical (unpaired) electrons. The molecule has 31 heavy (non-hydrogen) atoms. The highest BCUT2D eigenvalue weighted by Crippen LogP contribution is 2.38. The molecule has 164 valence electrons. The maximum absolute atomic E-state index is 13.4. The van der Waals surface area contributed by atoms with Crippen molar-refractivity contribution in [3.8, 4) is 0 Å². The van der Waals surface area contributed by atoms with Crippen molar-refractivity contribution in [1.82, 2.24) is 15.1 Å². The van der Waals surface area contributed by atoms with Gasteiger partial charge in [-0.15, -0.1) is 5.10 Å². The number of likely N-dealkylation sites (N-methyl/N-ethyl adjacent to an activating group) is 1. The lowest BCUT2D eigenvalue weighted by atomic mass is 9.89. The number of halogens is 3. The molecule has 1 unspecified atom stereocenters. The first kappa shape index (κ1) is 21.4. The van der Waals surface area contributed by atoms with Crippen molar-refractivity contribution in [2.24, 2.45) is 0 Å². The van der Waals surface area contributed by atoms with Crippen LogP contribution < -0.4 is 10.6 Å². The van der Waals surface area contributed by atoms with Crippen LogP contribution in [0.3, 0.4) is 0 Å². The van der Waals surface area contributed by atoms with Crippen molar-refractivity contribution in [2.45, 2.75) is 25.9 Å². The summed E-state index contributed by atoms with van der Waals surface area (Å²) >= 11 is 0. The number of nitrogens with two attached hydrogens (primary N) is 1. The Labute approximate surface area is 179 Å². The smallest absolute Gasteiger partial charge is 0.382 e. The monoisotopic (exact) mass is 429 g/mol. The van der Waals surface area contributed by atoms with Gasteiger partial charge >= 0.3 is 6.18 Å². The van der Waals surface area contributed by atoms with Gasteiger partial charge in [0.15, 0.2) is 5.82 Å². The quantitative estimate of drug-likeness (QED) is 0.667. The number of rotatable bonds is 3. The second-order valence-corrected chi connectivity index (χ2v) is 8.23. The van der Waals surface area contributed by atoms with Crippen LogP contribution in [0.15, 0.2) is 36.4 Å². The van der Waals surface area contributed by atoms with Gasteiger partial charge in [0.2, 0.25) is 0 Å². The molecule has 0 aliphatic carbocycles. The fraction of sp³-hybridized carbons (Fsp3) is 0.391. The topological polar surface area (TPSA) is 58.3 Å². The highest BCUT2D eigenvalue weighted by molar-refractivity contribution is 5.95. The third kappa shape index (κ3) is 4.04. The molecule has 2 N–H and O–H groups in total. The molecule has 4 rings (SSSR count). The highest BCUT2D eigenvalue weighted by atomic mass is 19.4. The van der Waals surface area contributed by atoms with Crippen LogP contribution in [0.5, 0.6) is 0 Å². The maximum atomic E-state index is 13.4. The Hall–Kier alpha value is -2.87. The second kappa shape index (κ2) is 8.00. The van der Waals surface area contributed by atoms with Gasteiger partial charge in [-0.2, -0.15) is 18.3 Å². The third-order valence-corrected chi connectivity index (χ3v) is 6.25. The van der Waals surface area contributed by atoms with Gasteiger partial charge in [-0.1, -0.05) is 25.1 Å². The van der Waals surface area contributed by atoms with Crippen LogP contribution in [0.25, 0.3) is 10.8 Å². The summed E-state index contributed by atoms with van der Waals surface area (Å²) in [6.45, 7) is 7.18. The summed E-state index contributed by atoms with van der Waals surface area (Å²) in [5, 5.41) is 10.0. The lowest BCUT2D eigenvalue weighted by Gasteiger charge is -2.34. The molecule has 1 saturated heterocycles. The largest absolute Gasteiger partial charge is 0.416 e.